The number of Topliss-reactive ketones (excluding diaryl/α,β-unsaturated/α-hetero) is 1. The molecule has 16 heavy (non-hydrogen) atoms. The minimum Gasteiger partial charge on any atom is -0.299 e. The zero-order valence-electron chi connectivity index (χ0n) is 10.1. The van der Waals surface area contributed by atoms with Gasteiger partial charge >= 0.3 is 0 Å². The van der Waals surface area contributed by atoms with Crippen molar-refractivity contribution in [1.29, 1.82) is 0 Å². The molecule has 0 radical (unpaired) electrons. The highest BCUT2D eigenvalue weighted by molar-refractivity contribution is 5.79. The molecule has 0 unspecified atom stereocenters. The Morgan fingerprint density at radius 2 is 2.00 bits per heavy atom. The van der Waals surface area contributed by atoms with Crippen molar-refractivity contribution in [3.05, 3.63) is 5.82 Å². The molecule has 0 spiro atoms. The molecule has 0 aromatic carbocycles. The van der Waals surface area contributed by atoms with Crippen LogP contribution in [0.3, 0.4) is 0 Å². The van der Waals surface area contributed by atoms with E-state index in [2.05, 4.69) is 22.3 Å². The van der Waals surface area contributed by atoms with E-state index in [-0.39, 0.29) is 5.78 Å². The number of carbonyl (C=O) groups excluding carboxylic acids is 1. The van der Waals surface area contributed by atoms with Crippen LogP contribution in [0.15, 0.2) is 0 Å². The molecule has 1 aromatic heterocycles. The second-order valence-electron chi connectivity index (χ2n) is 4.07. The van der Waals surface area contributed by atoms with Gasteiger partial charge in [-0.25, -0.2) is 0 Å². The number of hydrogen-bond donors (Lipinski definition) is 0. The van der Waals surface area contributed by atoms with Crippen LogP contribution in [0.2, 0.25) is 0 Å². The first kappa shape index (κ1) is 12.8. The Kier molecular flexibility index (Phi) is 5.67. The van der Waals surface area contributed by atoms with E-state index in [0.717, 1.165) is 12.8 Å². The van der Waals surface area contributed by atoms with Gasteiger partial charge in [0, 0.05) is 6.42 Å². The zero-order valence-corrected chi connectivity index (χ0v) is 10.1. The maximum Gasteiger partial charge on any atom is 0.182 e. The molecule has 0 aliphatic rings. The molecule has 0 saturated carbocycles. The van der Waals surface area contributed by atoms with Gasteiger partial charge in [0.25, 0.3) is 0 Å². The smallest absolute Gasteiger partial charge is 0.182 e. The molecule has 0 amide bonds. The summed E-state index contributed by atoms with van der Waals surface area (Å²) in [5.41, 5.74) is 0. The van der Waals surface area contributed by atoms with Crippen LogP contribution >= 0.6 is 0 Å². The van der Waals surface area contributed by atoms with Gasteiger partial charge in [-0.05, 0) is 11.6 Å². The highest BCUT2D eigenvalue weighted by Gasteiger charge is 2.07. The largest absolute Gasteiger partial charge is 0.299 e. The monoisotopic (exact) mass is 224 g/mol. The van der Waals surface area contributed by atoms with Crippen LogP contribution in [-0.4, -0.2) is 26.0 Å². The van der Waals surface area contributed by atoms with Gasteiger partial charge in [0.05, 0.1) is 13.5 Å². The maximum atomic E-state index is 11.5. The average Bonchev–Trinajstić information content (AvgIpc) is 2.63. The predicted molar refractivity (Wildman–Crippen MR) is 60.9 cm³/mol. The third-order valence-electron chi connectivity index (χ3n) is 2.46. The third kappa shape index (κ3) is 5.00. The Hall–Kier alpha value is -1.26. The Morgan fingerprint density at radius 1 is 1.25 bits per heavy atom. The molecule has 1 aromatic rings. The van der Waals surface area contributed by atoms with Gasteiger partial charge in [0.15, 0.2) is 5.82 Å². The lowest BCUT2D eigenvalue weighted by atomic mass is 10.1. The topological polar surface area (TPSA) is 60.7 Å². The van der Waals surface area contributed by atoms with Crippen molar-refractivity contribution < 1.29 is 4.79 Å². The number of unbranched alkanes of at least 4 members (excludes halogenated alkanes) is 4. The van der Waals surface area contributed by atoms with Crippen LogP contribution in [0.1, 0.15) is 51.3 Å². The minimum absolute atomic E-state index is 0.212. The molecule has 1 rings (SSSR count). The van der Waals surface area contributed by atoms with Crippen molar-refractivity contribution in [2.75, 3.05) is 0 Å². The first-order valence-electron chi connectivity index (χ1n) is 5.97. The first-order chi connectivity index (χ1) is 7.72. The molecule has 0 N–H and O–H groups in total. The van der Waals surface area contributed by atoms with E-state index in [1.165, 1.54) is 24.1 Å². The number of hydrogen-bond acceptors (Lipinski definition) is 4. The summed E-state index contributed by atoms with van der Waals surface area (Å²) in [6.07, 6.45) is 6.82. The van der Waals surface area contributed by atoms with Crippen molar-refractivity contribution in [3.8, 4) is 0 Å². The normalized spacial score (nSPS) is 10.6. The second kappa shape index (κ2) is 7.09. The summed E-state index contributed by atoms with van der Waals surface area (Å²) in [4.78, 5) is 12.9. The Bertz CT molecular complexity index is 322. The standard InChI is InChI=1S/C11H20N4O/c1-3-4-5-6-7-8-10(16)9-11-12-14-15(2)13-11/h3-9H2,1-2H3. The molecular weight excluding hydrogens is 204 g/mol. The van der Waals surface area contributed by atoms with Crippen LogP contribution in [0.5, 0.6) is 0 Å². The van der Waals surface area contributed by atoms with Gasteiger partial charge in [-0.2, -0.15) is 4.80 Å². The number of nitrogens with zero attached hydrogens (tertiary/aromatic N) is 4. The number of tetrazole rings is 1. The summed E-state index contributed by atoms with van der Waals surface area (Å²) in [7, 11) is 1.70. The van der Waals surface area contributed by atoms with Crippen LogP contribution in [0.4, 0.5) is 0 Å². The molecular formula is C11H20N4O. The van der Waals surface area contributed by atoms with Gasteiger partial charge in [-0.3, -0.25) is 4.79 Å². The molecule has 0 aliphatic heterocycles. The van der Waals surface area contributed by atoms with Crippen molar-refractivity contribution in [2.45, 2.75) is 51.9 Å². The summed E-state index contributed by atoms with van der Waals surface area (Å²) in [6.45, 7) is 2.19. The van der Waals surface area contributed by atoms with Crippen molar-refractivity contribution in [1.82, 2.24) is 20.2 Å². The maximum absolute atomic E-state index is 11.5. The number of aryl methyl sites for hydroxylation is 1. The van der Waals surface area contributed by atoms with Gasteiger partial charge in [-0.15, -0.1) is 10.2 Å². The lowest BCUT2D eigenvalue weighted by Crippen LogP contribution is -2.04. The van der Waals surface area contributed by atoms with Crippen LogP contribution in [0.25, 0.3) is 0 Å². The summed E-state index contributed by atoms with van der Waals surface area (Å²) in [6, 6.07) is 0. The van der Waals surface area contributed by atoms with Gasteiger partial charge < -0.3 is 0 Å². The first-order valence-corrected chi connectivity index (χ1v) is 5.97. The molecule has 0 atom stereocenters. The summed E-state index contributed by atoms with van der Waals surface area (Å²) in [5, 5.41) is 11.5. The van der Waals surface area contributed by atoms with E-state index in [0.29, 0.717) is 18.7 Å². The molecule has 1 heterocycles. The summed E-state index contributed by atoms with van der Waals surface area (Å²) < 4.78 is 0. The van der Waals surface area contributed by atoms with E-state index in [9.17, 15) is 4.79 Å². The molecule has 0 aliphatic carbocycles. The SMILES string of the molecule is CCCCCCCC(=O)Cc1nnn(C)n1. The number of carbonyl (C=O) groups is 1. The van der Waals surface area contributed by atoms with Crippen molar-refractivity contribution >= 4 is 5.78 Å². The number of aromatic nitrogens is 4. The zero-order chi connectivity index (χ0) is 11.8. The van der Waals surface area contributed by atoms with E-state index < -0.39 is 0 Å². The van der Waals surface area contributed by atoms with Crippen molar-refractivity contribution in [3.63, 3.8) is 0 Å². The predicted octanol–water partition coefficient (Wildman–Crippen LogP) is 1.68. The highest BCUT2D eigenvalue weighted by atomic mass is 16.1. The highest BCUT2D eigenvalue weighted by Crippen LogP contribution is 2.06. The fourth-order valence-corrected chi connectivity index (χ4v) is 1.58. The molecule has 0 fully saturated rings. The quantitative estimate of drug-likeness (QED) is 0.630. The van der Waals surface area contributed by atoms with Crippen LogP contribution in [0, 0.1) is 0 Å². The molecule has 0 saturated heterocycles. The Balaban J connectivity index is 2.11. The number of rotatable bonds is 8. The van der Waals surface area contributed by atoms with Crippen LogP contribution in [-0.2, 0) is 18.3 Å². The van der Waals surface area contributed by atoms with Gasteiger partial charge in [0.1, 0.15) is 5.78 Å². The molecule has 5 nitrogen and oxygen atoms in total. The van der Waals surface area contributed by atoms with E-state index in [1.807, 2.05) is 0 Å². The van der Waals surface area contributed by atoms with E-state index in [1.54, 1.807) is 7.05 Å². The fraction of sp³-hybridized carbons (Fsp3) is 0.818. The summed E-state index contributed by atoms with van der Waals surface area (Å²) >= 11 is 0. The lowest BCUT2D eigenvalue weighted by molar-refractivity contribution is -0.118. The Morgan fingerprint density at radius 3 is 2.62 bits per heavy atom. The molecule has 90 valence electrons. The van der Waals surface area contributed by atoms with Gasteiger partial charge in [-0.1, -0.05) is 32.6 Å². The Labute approximate surface area is 96.2 Å². The average molecular weight is 224 g/mol. The van der Waals surface area contributed by atoms with Crippen molar-refractivity contribution in [2.24, 2.45) is 7.05 Å². The van der Waals surface area contributed by atoms with E-state index >= 15 is 0 Å². The lowest BCUT2D eigenvalue weighted by Gasteiger charge is -1.98. The van der Waals surface area contributed by atoms with E-state index in [4.69, 9.17) is 0 Å². The summed E-state index contributed by atoms with van der Waals surface area (Å²) in [5.74, 6) is 0.741. The minimum atomic E-state index is 0.212. The van der Waals surface area contributed by atoms with Crippen LogP contribution < -0.4 is 0 Å². The third-order valence-corrected chi connectivity index (χ3v) is 2.46. The molecule has 0 bridgehead atoms. The number of ketones is 1. The van der Waals surface area contributed by atoms with Gasteiger partial charge in [0.2, 0.25) is 0 Å². The molecule has 5 heteroatoms. The fourth-order valence-electron chi connectivity index (χ4n) is 1.58. The second-order valence-corrected chi connectivity index (χ2v) is 4.07.